The van der Waals surface area contributed by atoms with Crippen LogP contribution >= 0.6 is 0 Å². The Morgan fingerprint density at radius 2 is 1.90 bits per heavy atom. The molecule has 0 radical (unpaired) electrons. The van der Waals surface area contributed by atoms with Gasteiger partial charge in [0.25, 0.3) is 0 Å². The summed E-state index contributed by atoms with van der Waals surface area (Å²) in [5.41, 5.74) is -0.637. The maximum absolute atomic E-state index is 12.4. The summed E-state index contributed by atoms with van der Waals surface area (Å²) >= 11 is 0. The molecule has 21 heavy (non-hydrogen) atoms. The highest BCUT2D eigenvalue weighted by Crippen LogP contribution is 2.38. The van der Waals surface area contributed by atoms with E-state index in [-0.39, 0.29) is 23.8 Å². The zero-order valence-electron chi connectivity index (χ0n) is 13.1. The number of aliphatic carboxylic acids is 1. The van der Waals surface area contributed by atoms with Gasteiger partial charge in [0.2, 0.25) is 5.91 Å². The minimum absolute atomic E-state index is 0.0230. The van der Waals surface area contributed by atoms with E-state index in [1.54, 1.807) is 0 Å². The summed E-state index contributed by atoms with van der Waals surface area (Å²) in [4.78, 5) is 23.9. The van der Waals surface area contributed by atoms with Crippen LogP contribution in [0.3, 0.4) is 0 Å². The molecule has 1 atom stereocenters. The molecule has 0 aromatic carbocycles. The van der Waals surface area contributed by atoms with Crippen molar-refractivity contribution in [3.63, 3.8) is 0 Å². The third kappa shape index (κ3) is 3.96. The lowest BCUT2D eigenvalue weighted by atomic mass is 9.72. The van der Waals surface area contributed by atoms with Crippen molar-refractivity contribution in [3.8, 4) is 0 Å². The minimum Gasteiger partial charge on any atom is -0.481 e. The Labute approximate surface area is 126 Å². The number of carbonyl (C=O) groups excluding carboxylic acids is 1. The Bertz CT molecular complexity index is 399. The number of hydrogen-bond donors (Lipinski definition) is 2. The normalized spacial score (nSPS) is 27.8. The summed E-state index contributed by atoms with van der Waals surface area (Å²) in [7, 11) is 0. The van der Waals surface area contributed by atoms with Gasteiger partial charge < -0.3 is 15.2 Å². The van der Waals surface area contributed by atoms with Gasteiger partial charge in [0, 0.05) is 25.7 Å². The van der Waals surface area contributed by atoms with Crippen molar-refractivity contribution in [2.45, 2.75) is 52.4 Å². The molecule has 1 saturated heterocycles. The molecule has 1 amide bonds. The highest BCUT2D eigenvalue weighted by Gasteiger charge is 2.41. The van der Waals surface area contributed by atoms with Gasteiger partial charge >= 0.3 is 5.97 Å². The second kappa shape index (κ2) is 6.34. The molecule has 0 aromatic heterocycles. The van der Waals surface area contributed by atoms with Crippen LogP contribution in [0.4, 0.5) is 0 Å². The fraction of sp³-hybridized carbons (Fsp3) is 0.875. The first-order chi connectivity index (χ1) is 9.85. The average molecular weight is 297 g/mol. The number of ether oxygens (including phenoxy) is 1. The lowest BCUT2D eigenvalue weighted by Gasteiger charge is -2.36. The molecule has 2 N–H and O–H groups in total. The summed E-state index contributed by atoms with van der Waals surface area (Å²) in [6.07, 6.45) is 4.98. The van der Waals surface area contributed by atoms with Crippen LogP contribution in [-0.4, -0.2) is 36.7 Å². The molecule has 5 nitrogen and oxygen atoms in total. The molecule has 0 spiro atoms. The summed E-state index contributed by atoms with van der Waals surface area (Å²) in [5.74, 6) is -0.774. The number of hydrogen-bond acceptors (Lipinski definition) is 3. The van der Waals surface area contributed by atoms with Crippen molar-refractivity contribution >= 4 is 11.9 Å². The molecule has 1 aliphatic carbocycles. The van der Waals surface area contributed by atoms with Crippen LogP contribution in [0.25, 0.3) is 0 Å². The first kappa shape index (κ1) is 16.3. The Kier molecular flexibility index (Phi) is 4.91. The SMILES string of the molecule is CC1(C)CCCC(C(=O)NCC2(C(=O)O)CCOCC2)C1. The maximum Gasteiger partial charge on any atom is 0.311 e. The van der Waals surface area contributed by atoms with Gasteiger partial charge in [0.1, 0.15) is 0 Å². The number of amides is 1. The van der Waals surface area contributed by atoms with Gasteiger partial charge in [-0.05, 0) is 37.5 Å². The molecule has 2 aliphatic rings. The molecule has 2 rings (SSSR count). The average Bonchev–Trinajstić information content (AvgIpc) is 2.44. The fourth-order valence-electron chi connectivity index (χ4n) is 3.55. The number of nitrogens with one attached hydrogen (secondary N) is 1. The van der Waals surface area contributed by atoms with Gasteiger partial charge in [-0.1, -0.05) is 20.3 Å². The smallest absolute Gasteiger partial charge is 0.311 e. The van der Waals surface area contributed by atoms with Crippen LogP contribution in [0.15, 0.2) is 0 Å². The summed E-state index contributed by atoms with van der Waals surface area (Å²) in [5, 5.41) is 12.4. The standard InChI is InChI=1S/C16H27NO4/c1-15(2)5-3-4-12(10-15)13(18)17-11-16(14(19)20)6-8-21-9-7-16/h12H,3-11H2,1-2H3,(H,17,18)(H,19,20). The lowest BCUT2D eigenvalue weighted by molar-refractivity contribution is -0.155. The quantitative estimate of drug-likeness (QED) is 0.834. The van der Waals surface area contributed by atoms with E-state index >= 15 is 0 Å². The van der Waals surface area contributed by atoms with Gasteiger partial charge in [-0.2, -0.15) is 0 Å². The van der Waals surface area contributed by atoms with Crippen molar-refractivity contribution in [2.75, 3.05) is 19.8 Å². The van der Waals surface area contributed by atoms with Crippen LogP contribution in [0, 0.1) is 16.7 Å². The Hall–Kier alpha value is -1.10. The van der Waals surface area contributed by atoms with Crippen LogP contribution in [0.5, 0.6) is 0 Å². The van der Waals surface area contributed by atoms with Crippen molar-refractivity contribution < 1.29 is 19.4 Å². The van der Waals surface area contributed by atoms with Gasteiger partial charge in [-0.3, -0.25) is 9.59 Å². The predicted octanol–water partition coefficient (Wildman–Crippen LogP) is 2.20. The molecule has 120 valence electrons. The number of carboxylic acid groups (broad SMARTS) is 1. The highest BCUT2D eigenvalue weighted by atomic mass is 16.5. The van der Waals surface area contributed by atoms with Crippen LogP contribution in [0.2, 0.25) is 0 Å². The van der Waals surface area contributed by atoms with Gasteiger partial charge in [-0.15, -0.1) is 0 Å². The molecular weight excluding hydrogens is 270 g/mol. The van der Waals surface area contributed by atoms with Crippen molar-refractivity contribution in [1.29, 1.82) is 0 Å². The van der Waals surface area contributed by atoms with E-state index in [4.69, 9.17) is 4.74 Å². The number of carboxylic acids is 1. The van der Waals surface area contributed by atoms with E-state index in [9.17, 15) is 14.7 Å². The Morgan fingerprint density at radius 1 is 1.24 bits per heavy atom. The molecular formula is C16H27NO4. The molecule has 1 aliphatic heterocycles. The van der Waals surface area contributed by atoms with Crippen LogP contribution < -0.4 is 5.32 Å². The second-order valence-electron chi connectivity index (χ2n) is 7.37. The molecule has 1 saturated carbocycles. The zero-order chi connectivity index (χ0) is 15.5. The van der Waals surface area contributed by atoms with E-state index in [2.05, 4.69) is 19.2 Å². The van der Waals surface area contributed by atoms with E-state index in [1.807, 2.05) is 0 Å². The molecule has 2 fully saturated rings. The van der Waals surface area contributed by atoms with Crippen LogP contribution in [-0.2, 0) is 14.3 Å². The number of rotatable bonds is 4. The third-order valence-corrected chi connectivity index (χ3v) is 5.08. The molecule has 1 unspecified atom stereocenters. The summed E-state index contributed by atoms with van der Waals surface area (Å²) < 4.78 is 5.25. The molecule has 5 heteroatoms. The first-order valence-corrected chi connectivity index (χ1v) is 7.94. The van der Waals surface area contributed by atoms with E-state index in [1.165, 1.54) is 0 Å². The van der Waals surface area contributed by atoms with E-state index in [0.717, 1.165) is 25.7 Å². The largest absolute Gasteiger partial charge is 0.481 e. The molecule has 0 aromatic rings. The highest BCUT2D eigenvalue weighted by molar-refractivity contribution is 5.81. The predicted molar refractivity (Wildman–Crippen MR) is 78.9 cm³/mol. The fourth-order valence-corrected chi connectivity index (χ4v) is 3.55. The van der Waals surface area contributed by atoms with Gasteiger partial charge in [0.05, 0.1) is 5.41 Å². The zero-order valence-corrected chi connectivity index (χ0v) is 13.1. The molecule has 1 heterocycles. The van der Waals surface area contributed by atoms with Crippen molar-refractivity contribution in [1.82, 2.24) is 5.32 Å². The van der Waals surface area contributed by atoms with E-state index in [0.29, 0.717) is 26.1 Å². The number of carbonyl (C=O) groups is 2. The second-order valence-corrected chi connectivity index (χ2v) is 7.37. The Morgan fingerprint density at radius 3 is 2.48 bits per heavy atom. The minimum atomic E-state index is -0.849. The van der Waals surface area contributed by atoms with Crippen molar-refractivity contribution in [3.05, 3.63) is 0 Å². The van der Waals surface area contributed by atoms with E-state index < -0.39 is 11.4 Å². The van der Waals surface area contributed by atoms with Gasteiger partial charge in [0.15, 0.2) is 0 Å². The lowest BCUT2D eigenvalue weighted by Crippen LogP contribution is -2.48. The third-order valence-electron chi connectivity index (χ3n) is 5.08. The summed E-state index contributed by atoms with van der Waals surface area (Å²) in [6.45, 7) is 5.53. The van der Waals surface area contributed by atoms with Gasteiger partial charge in [-0.25, -0.2) is 0 Å². The van der Waals surface area contributed by atoms with Crippen molar-refractivity contribution in [2.24, 2.45) is 16.7 Å². The first-order valence-electron chi connectivity index (χ1n) is 7.94. The molecule has 0 bridgehead atoms. The monoisotopic (exact) mass is 297 g/mol. The summed E-state index contributed by atoms with van der Waals surface area (Å²) in [6, 6.07) is 0. The maximum atomic E-state index is 12.4. The topological polar surface area (TPSA) is 75.6 Å². The Balaban J connectivity index is 1.91. The van der Waals surface area contributed by atoms with Crippen LogP contribution in [0.1, 0.15) is 52.4 Å².